The Balaban J connectivity index is 1.60. The SMILES string of the molecule is Cn1ccc2cc(Nc3ncc(C4CC4)cc3C(=O)O)cc(-c3ccc(Cl)cc3)c21. The molecule has 1 fully saturated rings. The molecule has 0 aliphatic heterocycles. The number of hydrogen-bond donors (Lipinski definition) is 2. The molecule has 1 aliphatic carbocycles. The Morgan fingerprint density at radius 2 is 1.93 bits per heavy atom. The lowest BCUT2D eigenvalue weighted by Gasteiger charge is -2.14. The number of carboxylic acids is 1. The van der Waals surface area contributed by atoms with E-state index in [0.717, 1.165) is 46.1 Å². The number of fused-ring (bicyclic) bond motifs is 1. The van der Waals surface area contributed by atoms with Crippen molar-refractivity contribution in [3.05, 3.63) is 77.1 Å². The van der Waals surface area contributed by atoms with Crippen molar-refractivity contribution < 1.29 is 9.90 Å². The van der Waals surface area contributed by atoms with Crippen LogP contribution < -0.4 is 5.32 Å². The summed E-state index contributed by atoms with van der Waals surface area (Å²) in [5.74, 6) is -0.183. The van der Waals surface area contributed by atoms with E-state index in [-0.39, 0.29) is 5.56 Å². The third-order valence-corrected chi connectivity index (χ3v) is 5.83. The van der Waals surface area contributed by atoms with Gasteiger partial charge in [-0.05, 0) is 66.3 Å². The van der Waals surface area contributed by atoms with Crippen molar-refractivity contribution in [3.63, 3.8) is 0 Å². The molecule has 0 bridgehead atoms. The molecule has 6 heteroatoms. The Morgan fingerprint density at radius 3 is 2.63 bits per heavy atom. The monoisotopic (exact) mass is 417 g/mol. The highest BCUT2D eigenvalue weighted by Gasteiger charge is 2.26. The van der Waals surface area contributed by atoms with E-state index in [1.807, 2.05) is 55.7 Å². The number of nitrogens with zero attached hydrogens (tertiary/aromatic N) is 2. The number of hydrogen-bond acceptors (Lipinski definition) is 3. The van der Waals surface area contributed by atoms with Crippen LogP contribution in [-0.4, -0.2) is 20.6 Å². The van der Waals surface area contributed by atoms with E-state index in [1.54, 1.807) is 12.3 Å². The minimum atomic E-state index is -0.980. The van der Waals surface area contributed by atoms with Crippen molar-refractivity contribution in [2.45, 2.75) is 18.8 Å². The smallest absolute Gasteiger partial charge is 0.339 e. The number of nitrogens with one attached hydrogen (secondary N) is 1. The molecular weight excluding hydrogens is 398 g/mol. The van der Waals surface area contributed by atoms with Gasteiger partial charge in [0.25, 0.3) is 0 Å². The number of aromatic nitrogens is 2. The molecule has 2 N–H and O–H groups in total. The molecular formula is C24H20ClN3O2. The van der Waals surface area contributed by atoms with Crippen LogP contribution >= 0.6 is 11.6 Å². The number of aryl methyl sites for hydroxylation is 1. The maximum absolute atomic E-state index is 11.8. The zero-order valence-electron chi connectivity index (χ0n) is 16.4. The van der Waals surface area contributed by atoms with Crippen molar-refractivity contribution in [3.8, 4) is 11.1 Å². The molecule has 1 saturated carbocycles. The highest BCUT2D eigenvalue weighted by atomic mass is 35.5. The third-order valence-electron chi connectivity index (χ3n) is 5.58. The Bertz CT molecular complexity index is 1270. The number of benzene rings is 2. The van der Waals surface area contributed by atoms with Gasteiger partial charge >= 0.3 is 5.97 Å². The summed E-state index contributed by atoms with van der Waals surface area (Å²) in [6, 6.07) is 15.5. The van der Waals surface area contributed by atoms with Gasteiger partial charge in [-0.1, -0.05) is 23.7 Å². The Kier molecular flexibility index (Phi) is 4.48. The molecule has 0 saturated heterocycles. The summed E-state index contributed by atoms with van der Waals surface area (Å²) in [5, 5.41) is 14.7. The van der Waals surface area contributed by atoms with Gasteiger partial charge in [-0.25, -0.2) is 9.78 Å². The van der Waals surface area contributed by atoms with E-state index in [4.69, 9.17) is 11.6 Å². The van der Waals surface area contributed by atoms with E-state index < -0.39 is 5.97 Å². The lowest BCUT2D eigenvalue weighted by Crippen LogP contribution is -2.06. The first kappa shape index (κ1) is 18.7. The molecule has 0 spiro atoms. The summed E-state index contributed by atoms with van der Waals surface area (Å²) in [6.07, 6.45) is 6.00. The summed E-state index contributed by atoms with van der Waals surface area (Å²) in [6.45, 7) is 0. The van der Waals surface area contributed by atoms with E-state index >= 15 is 0 Å². The molecule has 0 atom stereocenters. The zero-order valence-corrected chi connectivity index (χ0v) is 17.1. The Labute approximate surface area is 178 Å². The number of aromatic carboxylic acids is 1. The first-order chi connectivity index (χ1) is 14.5. The van der Waals surface area contributed by atoms with E-state index in [0.29, 0.717) is 16.8 Å². The van der Waals surface area contributed by atoms with Crippen molar-refractivity contribution in [2.24, 2.45) is 7.05 Å². The summed E-state index contributed by atoms with van der Waals surface area (Å²) in [5.41, 5.74) is 5.14. The molecule has 2 aromatic carbocycles. The topological polar surface area (TPSA) is 67.2 Å². The first-order valence-electron chi connectivity index (χ1n) is 9.85. The third kappa shape index (κ3) is 3.42. The molecule has 4 aromatic rings. The van der Waals surface area contributed by atoms with Crippen LogP contribution in [0.15, 0.2) is 60.9 Å². The van der Waals surface area contributed by atoms with Gasteiger partial charge in [0.05, 0.1) is 5.52 Å². The normalized spacial score (nSPS) is 13.5. The average molecular weight is 418 g/mol. The largest absolute Gasteiger partial charge is 0.478 e. The quantitative estimate of drug-likeness (QED) is 0.405. The Morgan fingerprint density at radius 1 is 1.17 bits per heavy atom. The van der Waals surface area contributed by atoms with Crippen LogP contribution in [-0.2, 0) is 7.05 Å². The van der Waals surface area contributed by atoms with Gasteiger partial charge in [-0.2, -0.15) is 0 Å². The average Bonchev–Trinajstić information content (AvgIpc) is 3.52. The molecule has 0 radical (unpaired) electrons. The van der Waals surface area contributed by atoms with Crippen LogP contribution in [0.1, 0.15) is 34.7 Å². The summed E-state index contributed by atoms with van der Waals surface area (Å²) in [7, 11) is 2.01. The number of anilines is 2. The number of carbonyl (C=O) groups is 1. The van der Waals surface area contributed by atoms with Crippen LogP contribution in [0.3, 0.4) is 0 Å². The van der Waals surface area contributed by atoms with Crippen molar-refractivity contribution in [1.29, 1.82) is 0 Å². The van der Waals surface area contributed by atoms with Gasteiger partial charge < -0.3 is 15.0 Å². The maximum atomic E-state index is 11.8. The molecule has 2 aromatic heterocycles. The molecule has 0 amide bonds. The fraction of sp³-hybridized carbons (Fsp3) is 0.167. The standard InChI is InChI=1S/C24H20ClN3O2/c1-28-9-8-16-10-19(12-20(22(16)28)15-4-6-18(25)7-5-15)27-23-21(24(29)30)11-17(13-26-23)14-2-3-14/h4-14H,2-3H2,1H3,(H,26,27)(H,29,30). The van der Waals surface area contributed by atoms with E-state index in [9.17, 15) is 9.90 Å². The van der Waals surface area contributed by atoms with Crippen LogP contribution in [0.5, 0.6) is 0 Å². The molecule has 0 unspecified atom stereocenters. The Hall–Kier alpha value is -3.31. The second-order valence-corrected chi connectivity index (χ2v) is 8.20. The van der Waals surface area contributed by atoms with Gasteiger partial charge in [-0.3, -0.25) is 0 Å². The second kappa shape index (κ2) is 7.18. The fourth-order valence-corrected chi connectivity index (χ4v) is 4.01. The minimum absolute atomic E-state index is 0.195. The minimum Gasteiger partial charge on any atom is -0.478 e. The van der Waals surface area contributed by atoms with Gasteiger partial charge in [-0.15, -0.1) is 0 Å². The van der Waals surface area contributed by atoms with Gasteiger partial charge in [0.1, 0.15) is 11.4 Å². The van der Waals surface area contributed by atoms with Crippen LogP contribution in [0, 0.1) is 0 Å². The molecule has 150 valence electrons. The summed E-state index contributed by atoms with van der Waals surface area (Å²) < 4.78 is 2.08. The predicted molar refractivity (Wildman–Crippen MR) is 120 cm³/mol. The fourth-order valence-electron chi connectivity index (χ4n) is 3.89. The molecule has 5 rings (SSSR count). The van der Waals surface area contributed by atoms with Crippen LogP contribution in [0.2, 0.25) is 5.02 Å². The zero-order chi connectivity index (χ0) is 20.8. The van der Waals surface area contributed by atoms with Gasteiger partial charge in [0, 0.05) is 41.1 Å². The first-order valence-corrected chi connectivity index (χ1v) is 10.2. The summed E-state index contributed by atoms with van der Waals surface area (Å²) in [4.78, 5) is 16.3. The van der Waals surface area contributed by atoms with Crippen molar-refractivity contribution in [1.82, 2.24) is 9.55 Å². The van der Waals surface area contributed by atoms with Crippen molar-refractivity contribution >= 4 is 40.0 Å². The van der Waals surface area contributed by atoms with Crippen LogP contribution in [0.4, 0.5) is 11.5 Å². The van der Waals surface area contributed by atoms with Gasteiger partial charge in [0.15, 0.2) is 0 Å². The molecule has 5 nitrogen and oxygen atoms in total. The number of pyridine rings is 1. The van der Waals surface area contributed by atoms with E-state index in [1.165, 1.54) is 0 Å². The van der Waals surface area contributed by atoms with Crippen LogP contribution in [0.25, 0.3) is 22.0 Å². The molecule has 2 heterocycles. The number of carboxylic acid groups (broad SMARTS) is 1. The number of rotatable bonds is 5. The predicted octanol–water partition coefficient (Wildman–Crippen LogP) is 6.21. The molecule has 30 heavy (non-hydrogen) atoms. The lowest BCUT2D eigenvalue weighted by molar-refractivity contribution is 0.0697. The summed E-state index contributed by atoms with van der Waals surface area (Å²) >= 11 is 6.07. The number of halogens is 1. The van der Waals surface area contributed by atoms with Crippen molar-refractivity contribution in [2.75, 3.05) is 5.32 Å². The highest BCUT2D eigenvalue weighted by molar-refractivity contribution is 6.30. The molecule has 1 aliphatic rings. The van der Waals surface area contributed by atoms with Gasteiger partial charge in [0.2, 0.25) is 0 Å². The maximum Gasteiger partial charge on any atom is 0.339 e. The second-order valence-electron chi connectivity index (χ2n) is 7.76. The lowest BCUT2D eigenvalue weighted by atomic mass is 10.0. The van der Waals surface area contributed by atoms with E-state index in [2.05, 4.69) is 14.9 Å². The highest BCUT2D eigenvalue weighted by Crippen LogP contribution is 2.41.